The van der Waals surface area contributed by atoms with Gasteiger partial charge in [-0.1, -0.05) is 45.9 Å². The van der Waals surface area contributed by atoms with Crippen LogP contribution in [0.3, 0.4) is 0 Å². The van der Waals surface area contributed by atoms with Gasteiger partial charge in [0.25, 0.3) is 11.8 Å². The van der Waals surface area contributed by atoms with Crippen molar-refractivity contribution in [3.8, 4) is 0 Å². The molecule has 0 aliphatic carbocycles. The Morgan fingerprint density at radius 1 is 0.736 bits per heavy atom. The topological polar surface area (TPSA) is 55.9 Å². The highest BCUT2D eigenvalue weighted by molar-refractivity contribution is 14.1. The van der Waals surface area contributed by atoms with E-state index < -0.39 is 67.4 Å². The third-order valence-electron chi connectivity index (χ3n) is 9.02. The minimum absolute atomic E-state index is 0.0657. The molecular weight excluding hydrogens is 837 g/mol. The lowest BCUT2D eigenvalue weighted by molar-refractivity contribution is -0.161. The van der Waals surface area contributed by atoms with E-state index in [1.165, 1.54) is 34.4 Å². The minimum atomic E-state index is -4.38. The van der Waals surface area contributed by atoms with E-state index in [4.69, 9.17) is 0 Å². The smallest absolute Gasteiger partial charge is 0.377 e. The van der Waals surface area contributed by atoms with Gasteiger partial charge in [0.05, 0.1) is 37.3 Å². The van der Waals surface area contributed by atoms with Crippen LogP contribution in [0.1, 0.15) is 58.1 Å². The number of halogens is 11. The molecule has 17 heteroatoms. The van der Waals surface area contributed by atoms with Crippen LogP contribution in [0.5, 0.6) is 0 Å². The second kappa shape index (κ2) is 17.0. The second-order valence-electron chi connectivity index (χ2n) is 13.6. The highest BCUT2D eigenvalue weighted by Crippen LogP contribution is 2.36. The molecule has 4 fully saturated rings. The zero-order valence-electron chi connectivity index (χ0n) is 28.8. The number of benzene rings is 2. The number of alkyl halides is 10. The molecule has 53 heavy (non-hydrogen) atoms. The summed E-state index contributed by atoms with van der Waals surface area (Å²) in [6.07, 6.45) is -2.98. The van der Waals surface area contributed by atoms with Crippen LogP contribution in [-0.2, 0) is 21.9 Å². The van der Waals surface area contributed by atoms with Gasteiger partial charge in [-0.05, 0) is 78.6 Å². The summed E-state index contributed by atoms with van der Waals surface area (Å²) >= 11 is 1.87. The first-order chi connectivity index (χ1) is 24.5. The normalized spacial score (nSPS) is 22.2. The van der Waals surface area contributed by atoms with Crippen LogP contribution >= 0.6 is 22.6 Å². The quantitative estimate of drug-likeness (QED) is 0.187. The predicted molar refractivity (Wildman–Crippen MR) is 187 cm³/mol. The van der Waals surface area contributed by atoms with Gasteiger partial charge in [-0.3, -0.25) is 9.59 Å². The van der Waals surface area contributed by atoms with Crippen molar-refractivity contribution in [1.29, 1.82) is 0 Å². The van der Waals surface area contributed by atoms with Gasteiger partial charge in [-0.25, -0.2) is 17.6 Å². The fraction of sp³-hybridized carbons (Fsp3) is 0.500. The molecule has 0 aromatic heterocycles. The lowest BCUT2D eigenvalue weighted by Crippen LogP contribution is -2.58. The second-order valence-corrected chi connectivity index (χ2v) is 14.4. The lowest BCUT2D eigenvalue weighted by Gasteiger charge is -2.38. The van der Waals surface area contributed by atoms with Gasteiger partial charge in [0.15, 0.2) is 0 Å². The first kappa shape index (κ1) is 42.4. The highest BCUT2D eigenvalue weighted by Gasteiger charge is 2.46. The number of hydrogen-bond donors (Lipinski definition) is 1. The number of rotatable bonds is 5. The van der Waals surface area contributed by atoms with Gasteiger partial charge < -0.3 is 20.0 Å². The van der Waals surface area contributed by atoms with E-state index >= 15 is 0 Å². The summed E-state index contributed by atoms with van der Waals surface area (Å²) in [6.45, 7) is 4.08. The van der Waals surface area contributed by atoms with E-state index in [1.807, 2.05) is 33.6 Å². The van der Waals surface area contributed by atoms with Gasteiger partial charge in [-0.2, -0.15) is 26.3 Å². The van der Waals surface area contributed by atoms with Crippen LogP contribution in [0.15, 0.2) is 58.8 Å². The fourth-order valence-electron chi connectivity index (χ4n) is 6.33. The summed E-state index contributed by atoms with van der Waals surface area (Å²) in [6, 6.07) is 8.39. The molecule has 292 valence electrons. The maximum absolute atomic E-state index is 13.0. The van der Waals surface area contributed by atoms with Crippen LogP contribution in [0, 0.1) is 13.8 Å². The number of nitrogens with one attached hydrogen (secondary N) is 1. The average molecular weight is 877 g/mol. The van der Waals surface area contributed by atoms with Crippen molar-refractivity contribution < 1.29 is 53.5 Å². The Balaban J connectivity index is 0.000000197. The molecule has 0 saturated carbocycles. The maximum Gasteiger partial charge on any atom is 0.416 e. The SMILES string of the molecule is Cc1cc(C2CCN(/C=C\C(=O)N3CC(F)(F)C3)C2)cc(C(F)(F)F)c1.Cc1cc(C2CCNC2)cc(C(F)(F)F)c1.O=C(/C=C\I)N1CC(F)(F)C1. The number of amides is 2. The van der Waals surface area contributed by atoms with Crippen molar-refractivity contribution >= 4 is 34.4 Å². The Bertz CT molecular complexity index is 1660. The Morgan fingerprint density at radius 3 is 1.62 bits per heavy atom. The van der Waals surface area contributed by atoms with E-state index in [1.54, 1.807) is 26.1 Å². The molecule has 2 aromatic rings. The lowest BCUT2D eigenvalue weighted by atomic mass is 9.94. The third kappa shape index (κ3) is 12.3. The molecular formula is C36H39F10IN4O2. The van der Waals surface area contributed by atoms with Gasteiger partial charge >= 0.3 is 12.4 Å². The third-order valence-corrected chi connectivity index (χ3v) is 9.38. The van der Waals surface area contributed by atoms with Crippen molar-refractivity contribution in [3.05, 3.63) is 92.2 Å². The minimum Gasteiger partial charge on any atom is -0.377 e. The molecule has 1 N–H and O–H groups in total. The summed E-state index contributed by atoms with van der Waals surface area (Å²) in [5, 5.41) is 3.17. The molecule has 4 saturated heterocycles. The Labute approximate surface area is 314 Å². The van der Waals surface area contributed by atoms with Crippen LogP contribution in [0.2, 0.25) is 0 Å². The van der Waals surface area contributed by atoms with Crippen molar-refractivity contribution in [2.75, 3.05) is 52.4 Å². The van der Waals surface area contributed by atoms with E-state index in [-0.39, 0.29) is 17.7 Å². The fourth-order valence-corrected chi connectivity index (χ4v) is 6.64. The Kier molecular flexibility index (Phi) is 13.6. The summed E-state index contributed by atoms with van der Waals surface area (Å²) in [4.78, 5) is 26.6. The molecule has 2 unspecified atom stereocenters. The van der Waals surface area contributed by atoms with Gasteiger partial charge in [0.1, 0.15) is 0 Å². The van der Waals surface area contributed by atoms with Crippen LogP contribution in [-0.4, -0.2) is 90.7 Å². The molecule has 0 spiro atoms. The maximum atomic E-state index is 13.0. The molecule has 2 amide bonds. The molecule has 6 nitrogen and oxygen atoms in total. The van der Waals surface area contributed by atoms with Crippen molar-refractivity contribution in [3.63, 3.8) is 0 Å². The number of hydrogen-bond acceptors (Lipinski definition) is 4. The zero-order valence-corrected chi connectivity index (χ0v) is 31.0. The van der Waals surface area contributed by atoms with Crippen LogP contribution in [0.4, 0.5) is 43.9 Å². The Morgan fingerprint density at radius 2 is 1.21 bits per heavy atom. The highest BCUT2D eigenvalue weighted by atomic mass is 127. The standard InChI is InChI=1S/C18H19F5N2O.C12H14F3N.C6H6F2INO/c1-12-6-14(8-15(7-12)18(21,22)23)13-2-4-24(9-13)5-3-16(26)25-10-17(19,20)11-25;1-8-4-10(9-2-3-16-7-9)6-11(5-8)12(13,14)15;7-6(8)3-10(4-6)5(11)1-2-9/h3,5-8,13H,2,4,9-11H2,1H3;4-6,9,16H,2-3,7H2,1H3;1-2H,3-4H2/b5-3-;;2-1-. The van der Waals surface area contributed by atoms with E-state index in [9.17, 15) is 53.5 Å². The van der Waals surface area contributed by atoms with Gasteiger partial charge in [0, 0.05) is 43.9 Å². The molecule has 4 heterocycles. The first-order valence-electron chi connectivity index (χ1n) is 16.7. The van der Waals surface area contributed by atoms with Crippen LogP contribution < -0.4 is 5.32 Å². The number of carbonyl (C=O) groups is 2. The monoisotopic (exact) mass is 876 g/mol. The van der Waals surface area contributed by atoms with E-state index in [2.05, 4.69) is 5.32 Å². The summed E-state index contributed by atoms with van der Waals surface area (Å²) in [5.41, 5.74) is 1.47. The predicted octanol–water partition coefficient (Wildman–Crippen LogP) is 8.30. The molecule has 4 aliphatic rings. The number of likely N-dealkylation sites (tertiary alicyclic amines) is 3. The van der Waals surface area contributed by atoms with Crippen molar-refractivity contribution in [2.45, 2.75) is 62.7 Å². The summed E-state index contributed by atoms with van der Waals surface area (Å²) in [7, 11) is 0. The van der Waals surface area contributed by atoms with Gasteiger partial charge in [0.2, 0.25) is 11.8 Å². The first-order valence-corrected chi connectivity index (χ1v) is 17.9. The largest absolute Gasteiger partial charge is 0.416 e. The summed E-state index contributed by atoms with van der Waals surface area (Å²) in [5.74, 6) is -6.12. The van der Waals surface area contributed by atoms with Gasteiger partial charge in [-0.15, -0.1) is 0 Å². The van der Waals surface area contributed by atoms with E-state index in [0.717, 1.165) is 40.9 Å². The number of aryl methyl sites for hydroxylation is 2. The van der Waals surface area contributed by atoms with Crippen LogP contribution in [0.25, 0.3) is 0 Å². The van der Waals surface area contributed by atoms with E-state index in [0.29, 0.717) is 36.2 Å². The zero-order chi connectivity index (χ0) is 39.4. The molecule has 0 bridgehead atoms. The molecule has 2 atom stereocenters. The molecule has 2 aromatic carbocycles. The molecule has 4 aliphatic heterocycles. The molecule has 6 rings (SSSR count). The number of carbonyl (C=O) groups excluding carboxylic acids is 2. The van der Waals surface area contributed by atoms with Crippen molar-refractivity contribution in [1.82, 2.24) is 20.0 Å². The van der Waals surface area contributed by atoms with Crippen molar-refractivity contribution in [2.24, 2.45) is 0 Å². The number of nitrogens with zero attached hydrogens (tertiary/aromatic N) is 3. The molecule has 0 radical (unpaired) electrons. The summed E-state index contributed by atoms with van der Waals surface area (Å²) < 4.78 is 128. The Hall–Kier alpha value is -3.35. The average Bonchev–Trinajstić information content (AvgIpc) is 3.74.